The van der Waals surface area contributed by atoms with E-state index in [1.165, 1.54) is 0 Å². The third-order valence-electron chi connectivity index (χ3n) is 3.13. The predicted molar refractivity (Wildman–Crippen MR) is 80.1 cm³/mol. The molecule has 6 heteroatoms. The number of halogens is 1. The molecule has 0 spiro atoms. The van der Waals surface area contributed by atoms with E-state index < -0.39 is 5.91 Å². The molecule has 0 saturated carbocycles. The first-order chi connectivity index (χ1) is 10.1. The van der Waals surface area contributed by atoms with Crippen LogP contribution < -0.4 is 5.48 Å². The van der Waals surface area contributed by atoms with Crippen LogP contribution in [0.25, 0.3) is 11.4 Å². The van der Waals surface area contributed by atoms with Gasteiger partial charge in [0.05, 0.1) is 5.02 Å². The molecule has 1 amide bonds. The lowest BCUT2D eigenvalue weighted by atomic mass is 10.1. The van der Waals surface area contributed by atoms with Crippen molar-refractivity contribution >= 4 is 17.5 Å². The van der Waals surface area contributed by atoms with Gasteiger partial charge in [-0.2, -0.15) is 0 Å². The Labute approximate surface area is 128 Å². The van der Waals surface area contributed by atoms with Crippen molar-refractivity contribution in [3.8, 4) is 11.4 Å². The highest BCUT2D eigenvalue weighted by molar-refractivity contribution is 6.33. The average molecular weight is 306 g/mol. The smallest absolute Gasteiger partial charge is 0.243 e. The number of carbonyl (C=O) groups excluding carboxylic acids is 1. The number of nitrogens with zero attached hydrogens (tertiary/aromatic N) is 2. The molecule has 2 rings (SSSR count). The van der Waals surface area contributed by atoms with Crippen LogP contribution in [0.3, 0.4) is 0 Å². The van der Waals surface area contributed by atoms with Gasteiger partial charge < -0.3 is 0 Å². The van der Waals surface area contributed by atoms with E-state index in [1.807, 2.05) is 25.1 Å². The zero-order valence-electron chi connectivity index (χ0n) is 11.6. The fraction of sp³-hybridized carbons (Fsp3) is 0.267. The number of hydroxylamine groups is 1. The molecule has 0 bridgehead atoms. The first kappa shape index (κ1) is 15.4. The van der Waals surface area contributed by atoms with Gasteiger partial charge in [0, 0.05) is 23.9 Å². The summed E-state index contributed by atoms with van der Waals surface area (Å²) in [6.07, 6.45) is 3.25. The zero-order valence-corrected chi connectivity index (χ0v) is 12.4. The quantitative estimate of drug-likeness (QED) is 0.658. The van der Waals surface area contributed by atoms with Crippen LogP contribution in [0.1, 0.15) is 24.1 Å². The first-order valence-electron chi connectivity index (χ1n) is 6.62. The molecule has 2 N–H and O–H groups in total. The minimum atomic E-state index is -0.395. The van der Waals surface area contributed by atoms with Gasteiger partial charge >= 0.3 is 0 Å². The average Bonchev–Trinajstić information content (AvgIpc) is 2.49. The van der Waals surface area contributed by atoms with Crippen LogP contribution in [0.5, 0.6) is 0 Å². The van der Waals surface area contributed by atoms with E-state index in [1.54, 1.807) is 17.7 Å². The molecule has 1 aromatic carbocycles. The number of hydrogen-bond donors (Lipinski definition) is 2. The Bertz CT molecular complexity index is 647. The molecule has 0 saturated heterocycles. The molecule has 0 aliphatic heterocycles. The summed E-state index contributed by atoms with van der Waals surface area (Å²) in [6.45, 7) is 1.93. The number of carbonyl (C=O) groups is 1. The van der Waals surface area contributed by atoms with E-state index in [-0.39, 0.29) is 6.42 Å². The Morgan fingerprint density at radius 1 is 1.38 bits per heavy atom. The number of hydrogen-bond acceptors (Lipinski definition) is 4. The second-order valence-electron chi connectivity index (χ2n) is 4.69. The first-order valence-corrected chi connectivity index (χ1v) is 7.00. The monoisotopic (exact) mass is 305 g/mol. The van der Waals surface area contributed by atoms with Crippen molar-refractivity contribution in [3.63, 3.8) is 0 Å². The molecule has 0 fully saturated rings. The molecule has 0 aliphatic rings. The standard InChI is InChI=1S/C15H16ClN3O2/c1-10-9-17-15(11-5-2-3-6-12(11)16)18-13(10)7-4-8-14(20)19-21/h2-3,5-6,9,21H,4,7-8H2,1H3,(H,19,20). The largest absolute Gasteiger partial charge is 0.289 e. The van der Waals surface area contributed by atoms with Gasteiger partial charge in [-0.3, -0.25) is 10.0 Å². The van der Waals surface area contributed by atoms with Gasteiger partial charge in [-0.25, -0.2) is 15.4 Å². The Morgan fingerprint density at radius 3 is 2.86 bits per heavy atom. The summed E-state index contributed by atoms with van der Waals surface area (Å²) < 4.78 is 0. The topological polar surface area (TPSA) is 75.1 Å². The van der Waals surface area contributed by atoms with Crippen molar-refractivity contribution in [3.05, 3.63) is 46.7 Å². The van der Waals surface area contributed by atoms with Gasteiger partial charge in [-0.1, -0.05) is 23.7 Å². The third-order valence-corrected chi connectivity index (χ3v) is 3.46. The molecule has 110 valence electrons. The summed E-state index contributed by atoms with van der Waals surface area (Å²) in [5.74, 6) is 0.181. The lowest BCUT2D eigenvalue weighted by molar-refractivity contribution is -0.129. The summed E-state index contributed by atoms with van der Waals surface area (Å²) in [7, 11) is 0. The second-order valence-corrected chi connectivity index (χ2v) is 5.10. The SMILES string of the molecule is Cc1cnc(-c2ccccc2Cl)nc1CCCC(=O)NO. The van der Waals surface area contributed by atoms with Gasteiger partial charge in [-0.05, 0) is 37.5 Å². The maximum absolute atomic E-state index is 11.0. The van der Waals surface area contributed by atoms with Gasteiger partial charge in [-0.15, -0.1) is 0 Å². The van der Waals surface area contributed by atoms with Gasteiger partial charge in [0.2, 0.25) is 5.91 Å². The highest BCUT2D eigenvalue weighted by atomic mass is 35.5. The highest BCUT2D eigenvalue weighted by Gasteiger charge is 2.09. The van der Waals surface area contributed by atoms with Crippen molar-refractivity contribution in [1.29, 1.82) is 0 Å². The minimum Gasteiger partial charge on any atom is -0.289 e. The molecular formula is C15H16ClN3O2. The van der Waals surface area contributed by atoms with Crippen molar-refractivity contribution < 1.29 is 10.0 Å². The number of rotatable bonds is 5. The van der Waals surface area contributed by atoms with Crippen LogP contribution in [0, 0.1) is 6.92 Å². The third kappa shape index (κ3) is 4.00. The van der Waals surface area contributed by atoms with Crippen LogP contribution in [0.15, 0.2) is 30.5 Å². The number of aryl methyl sites for hydroxylation is 2. The Kier molecular flexibility index (Phi) is 5.25. The fourth-order valence-electron chi connectivity index (χ4n) is 1.98. The van der Waals surface area contributed by atoms with E-state index in [0.717, 1.165) is 16.8 Å². The minimum absolute atomic E-state index is 0.251. The van der Waals surface area contributed by atoms with Crippen LogP contribution in [0.2, 0.25) is 5.02 Å². The lowest BCUT2D eigenvalue weighted by Gasteiger charge is -2.08. The van der Waals surface area contributed by atoms with Crippen LogP contribution >= 0.6 is 11.6 Å². The highest BCUT2D eigenvalue weighted by Crippen LogP contribution is 2.25. The maximum atomic E-state index is 11.0. The zero-order chi connectivity index (χ0) is 15.2. The number of amides is 1. The molecule has 0 aliphatic carbocycles. The van der Waals surface area contributed by atoms with E-state index in [2.05, 4.69) is 9.97 Å². The molecule has 0 radical (unpaired) electrons. The summed E-state index contributed by atoms with van der Waals surface area (Å²) in [6, 6.07) is 7.41. The number of aromatic nitrogens is 2. The van der Waals surface area contributed by atoms with Crippen LogP contribution in [0.4, 0.5) is 0 Å². The van der Waals surface area contributed by atoms with E-state index in [9.17, 15) is 4.79 Å². The fourth-order valence-corrected chi connectivity index (χ4v) is 2.20. The maximum Gasteiger partial charge on any atom is 0.243 e. The van der Waals surface area contributed by atoms with E-state index >= 15 is 0 Å². The Morgan fingerprint density at radius 2 is 2.14 bits per heavy atom. The van der Waals surface area contributed by atoms with Crippen molar-refractivity contribution in [1.82, 2.24) is 15.4 Å². The van der Waals surface area contributed by atoms with Crippen molar-refractivity contribution in [2.24, 2.45) is 0 Å². The molecule has 2 aromatic rings. The van der Waals surface area contributed by atoms with Gasteiger partial charge in [0.25, 0.3) is 0 Å². The molecule has 1 heterocycles. The number of benzene rings is 1. The van der Waals surface area contributed by atoms with Crippen LogP contribution in [-0.4, -0.2) is 21.1 Å². The summed E-state index contributed by atoms with van der Waals surface area (Å²) in [4.78, 5) is 19.9. The summed E-state index contributed by atoms with van der Waals surface area (Å²) in [5.41, 5.74) is 4.26. The van der Waals surface area contributed by atoms with Crippen molar-refractivity contribution in [2.45, 2.75) is 26.2 Å². The lowest BCUT2D eigenvalue weighted by Crippen LogP contribution is -2.18. The molecular weight excluding hydrogens is 290 g/mol. The number of nitrogens with one attached hydrogen (secondary N) is 1. The van der Waals surface area contributed by atoms with E-state index in [0.29, 0.717) is 23.7 Å². The van der Waals surface area contributed by atoms with E-state index in [4.69, 9.17) is 16.8 Å². The van der Waals surface area contributed by atoms with Gasteiger partial charge in [0.1, 0.15) is 0 Å². The predicted octanol–water partition coefficient (Wildman–Crippen LogP) is 2.93. The molecule has 21 heavy (non-hydrogen) atoms. The van der Waals surface area contributed by atoms with Crippen molar-refractivity contribution in [2.75, 3.05) is 0 Å². The summed E-state index contributed by atoms with van der Waals surface area (Å²) >= 11 is 6.15. The second kappa shape index (κ2) is 7.15. The molecule has 0 atom stereocenters. The summed E-state index contributed by atoms with van der Waals surface area (Å²) in [5, 5.41) is 9.07. The molecule has 5 nitrogen and oxygen atoms in total. The molecule has 1 aromatic heterocycles. The van der Waals surface area contributed by atoms with Crippen LogP contribution in [-0.2, 0) is 11.2 Å². The molecule has 0 unspecified atom stereocenters. The normalized spacial score (nSPS) is 10.4. The Balaban J connectivity index is 2.18. The van der Waals surface area contributed by atoms with Gasteiger partial charge in [0.15, 0.2) is 5.82 Å². The Hall–Kier alpha value is -1.98.